The molecule has 1 aliphatic rings. The predicted molar refractivity (Wildman–Crippen MR) is 115 cm³/mol. The number of nitrogens with one attached hydrogen (secondary N) is 1. The molecule has 3 rings (SSSR count). The third-order valence-corrected chi connectivity index (χ3v) is 5.67. The first-order chi connectivity index (χ1) is 13.5. The van der Waals surface area contributed by atoms with E-state index in [1.807, 2.05) is 13.0 Å². The molecule has 1 N–H and O–H groups in total. The Morgan fingerprint density at radius 2 is 1.82 bits per heavy atom. The van der Waals surface area contributed by atoms with E-state index in [-0.39, 0.29) is 18.6 Å². The van der Waals surface area contributed by atoms with Crippen molar-refractivity contribution in [1.29, 1.82) is 0 Å². The Morgan fingerprint density at radius 1 is 1.07 bits per heavy atom. The Balaban J connectivity index is 1.64. The first kappa shape index (κ1) is 20.4. The standard InChI is InChI=1S/C25H33NO2/c1-5-23(21-12-11-19-8-6-7-9-20(19)15-21)26-25(27)16-28-24-14-18(4)10-13-22(24)17(2)3/h10-15,17,23H,5-9,16H2,1-4H3,(H,26,27)/t23-/m0/s1. The van der Waals surface area contributed by atoms with Gasteiger partial charge in [-0.15, -0.1) is 0 Å². The van der Waals surface area contributed by atoms with E-state index in [4.69, 9.17) is 4.74 Å². The molecule has 28 heavy (non-hydrogen) atoms. The van der Waals surface area contributed by atoms with Crippen LogP contribution >= 0.6 is 0 Å². The normalized spacial score (nSPS) is 14.5. The van der Waals surface area contributed by atoms with Gasteiger partial charge < -0.3 is 10.1 Å². The molecule has 2 aromatic rings. The van der Waals surface area contributed by atoms with Crippen LogP contribution in [0.4, 0.5) is 0 Å². The largest absolute Gasteiger partial charge is 0.483 e. The van der Waals surface area contributed by atoms with E-state index < -0.39 is 0 Å². The number of ether oxygens (including phenoxy) is 1. The van der Waals surface area contributed by atoms with Gasteiger partial charge in [0.05, 0.1) is 6.04 Å². The van der Waals surface area contributed by atoms with Gasteiger partial charge in [-0.25, -0.2) is 0 Å². The molecular weight excluding hydrogens is 346 g/mol. The molecule has 0 radical (unpaired) electrons. The van der Waals surface area contributed by atoms with Crippen LogP contribution in [0.2, 0.25) is 0 Å². The Bertz CT molecular complexity index is 825. The fourth-order valence-corrected chi connectivity index (χ4v) is 4.01. The minimum Gasteiger partial charge on any atom is -0.483 e. The Labute approximate surface area is 169 Å². The molecule has 0 saturated heterocycles. The zero-order valence-corrected chi connectivity index (χ0v) is 17.7. The lowest BCUT2D eigenvalue weighted by molar-refractivity contribution is -0.123. The average Bonchev–Trinajstić information content (AvgIpc) is 2.70. The van der Waals surface area contributed by atoms with Gasteiger partial charge in [-0.3, -0.25) is 4.79 Å². The number of carbonyl (C=O) groups excluding carboxylic acids is 1. The van der Waals surface area contributed by atoms with Gasteiger partial charge in [-0.1, -0.05) is 51.1 Å². The van der Waals surface area contributed by atoms with Crippen LogP contribution in [0.1, 0.15) is 79.8 Å². The van der Waals surface area contributed by atoms with E-state index in [0.29, 0.717) is 5.92 Å². The highest BCUT2D eigenvalue weighted by molar-refractivity contribution is 5.78. The van der Waals surface area contributed by atoms with Crippen molar-refractivity contribution in [3.05, 3.63) is 64.2 Å². The third kappa shape index (κ3) is 4.95. The maximum atomic E-state index is 12.6. The molecule has 3 heteroatoms. The van der Waals surface area contributed by atoms with Gasteiger partial charge >= 0.3 is 0 Å². The van der Waals surface area contributed by atoms with Gasteiger partial charge in [-0.2, -0.15) is 0 Å². The predicted octanol–water partition coefficient (Wildman–Crippen LogP) is 5.64. The molecule has 2 aromatic carbocycles. The quantitative estimate of drug-likeness (QED) is 0.676. The van der Waals surface area contributed by atoms with Crippen LogP contribution in [0, 0.1) is 6.92 Å². The number of fused-ring (bicyclic) bond motifs is 1. The first-order valence-electron chi connectivity index (χ1n) is 10.6. The highest BCUT2D eigenvalue weighted by Gasteiger charge is 2.17. The summed E-state index contributed by atoms with van der Waals surface area (Å²) in [5.41, 5.74) is 6.41. The lowest BCUT2D eigenvalue weighted by Crippen LogP contribution is -2.32. The molecule has 0 heterocycles. The van der Waals surface area contributed by atoms with E-state index in [1.54, 1.807) is 0 Å². The summed E-state index contributed by atoms with van der Waals surface area (Å²) >= 11 is 0. The molecule has 150 valence electrons. The zero-order valence-electron chi connectivity index (χ0n) is 17.7. The molecule has 0 bridgehead atoms. The van der Waals surface area contributed by atoms with Gasteiger partial charge in [0.1, 0.15) is 5.75 Å². The van der Waals surface area contributed by atoms with Gasteiger partial charge in [0.25, 0.3) is 5.91 Å². The highest BCUT2D eigenvalue weighted by atomic mass is 16.5. The SMILES string of the molecule is CC[C@H](NC(=O)COc1cc(C)ccc1C(C)C)c1ccc2c(c1)CCCC2. The van der Waals surface area contributed by atoms with Crippen molar-refractivity contribution < 1.29 is 9.53 Å². The first-order valence-corrected chi connectivity index (χ1v) is 10.6. The summed E-state index contributed by atoms with van der Waals surface area (Å²) in [7, 11) is 0. The third-order valence-electron chi connectivity index (χ3n) is 5.67. The number of hydrogen-bond acceptors (Lipinski definition) is 2. The fourth-order valence-electron chi connectivity index (χ4n) is 4.01. The van der Waals surface area contributed by atoms with E-state index >= 15 is 0 Å². The molecule has 1 aliphatic carbocycles. The minimum atomic E-state index is -0.0687. The van der Waals surface area contributed by atoms with Gasteiger partial charge in [0.15, 0.2) is 6.61 Å². The summed E-state index contributed by atoms with van der Waals surface area (Å²) in [5.74, 6) is 1.10. The highest BCUT2D eigenvalue weighted by Crippen LogP contribution is 2.28. The summed E-state index contributed by atoms with van der Waals surface area (Å²) in [6, 6.07) is 12.9. The topological polar surface area (TPSA) is 38.3 Å². The molecule has 0 spiro atoms. The fraction of sp³-hybridized carbons (Fsp3) is 0.480. The number of rotatable bonds is 7. The Morgan fingerprint density at radius 3 is 2.54 bits per heavy atom. The average molecular weight is 380 g/mol. The van der Waals surface area contributed by atoms with E-state index in [0.717, 1.165) is 29.7 Å². The van der Waals surface area contributed by atoms with Crippen LogP contribution in [0.25, 0.3) is 0 Å². The van der Waals surface area contributed by atoms with E-state index in [2.05, 4.69) is 56.4 Å². The monoisotopic (exact) mass is 379 g/mol. The van der Waals surface area contributed by atoms with E-state index in [1.165, 1.54) is 36.0 Å². The minimum absolute atomic E-state index is 0.0328. The summed E-state index contributed by atoms with van der Waals surface area (Å²) in [6.45, 7) is 8.48. The van der Waals surface area contributed by atoms with Gasteiger partial charge in [0.2, 0.25) is 0 Å². The van der Waals surface area contributed by atoms with Crippen molar-refractivity contribution in [3.8, 4) is 5.75 Å². The lowest BCUT2D eigenvalue weighted by atomic mass is 9.89. The van der Waals surface area contributed by atoms with Gasteiger partial charge in [0, 0.05) is 0 Å². The molecule has 0 saturated carbocycles. The van der Waals surface area contributed by atoms with E-state index in [9.17, 15) is 4.79 Å². The summed E-state index contributed by atoms with van der Waals surface area (Å²) in [5, 5.41) is 3.16. The van der Waals surface area contributed by atoms with Crippen molar-refractivity contribution in [2.75, 3.05) is 6.61 Å². The second kappa shape index (κ2) is 9.27. The molecule has 1 amide bonds. The van der Waals surface area contributed by atoms with Crippen molar-refractivity contribution in [2.24, 2.45) is 0 Å². The molecular formula is C25H33NO2. The van der Waals surface area contributed by atoms with Crippen LogP contribution in [0.3, 0.4) is 0 Å². The second-order valence-corrected chi connectivity index (χ2v) is 8.25. The molecule has 0 aliphatic heterocycles. The van der Waals surface area contributed by atoms with Crippen LogP contribution in [-0.4, -0.2) is 12.5 Å². The summed E-state index contributed by atoms with van der Waals surface area (Å²) < 4.78 is 5.90. The van der Waals surface area contributed by atoms with Gasteiger partial charge in [-0.05, 0) is 78.8 Å². The second-order valence-electron chi connectivity index (χ2n) is 8.25. The van der Waals surface area contributed by atoms with Crippen LogP contribution < -0.4 is 10.1 Å². The molecule has 3 nitrogen and oxygen atoms in total. The summed E-state index contributed by atoms with van der Waals surface area (Å²) in [6.07, 6.45) is 5.76. The van der Waals surface area contributed by atoms with Crippen molar-refractivity contribution in [2.45, 2.75) is 71.8 Å². The van der Waals surface area contributed by atoms with Crippen molar-refractivity contribution >= 4 is 5.91 Å². The molecule has 0 fully saturated rings. The van der Waals surface area contributed by atoms with Crippen molar-refractivity contribution in [3.63, 3.8) is 0 Å². The lowest BCUT2D eigenvalue weighted by Gasteiger charge is -2.22. The number of benzene rings is 2. The Kier molecular flexibility index (Phi) is 6.77. The molecule has 0 aromatic heterocycles. The zero-order chi connectivity index (χ0) is 20.1. The Hall–Kier alpha value is -2.29. The maximum Gasteiger partial charge on any atom is 0.258 e. The number of amides is 1. The number of carbonyl (C=O) groups is 1. The summed E-state index contributed by atoms with van der Waals surface area (Å²) in [4.78, 5) is 12.6. The van der Waals surface area contributed by atoms with Crippen LogP contribution in [0.5, 0.6) is 5.75 Å². The van der Waals surface area contributed by atoms with Crippen molar-refractivity contribution in [1.82, 2.24) is 5.32 Å². The number of aryl methyl sites for hydroxylation is 3. The molecule has 1 atom stereocenters. The smallest absolute Gasteiger partial charge is 0.258 e. The number of hydrogen-bond donors (Lipinski definition) is 1. The molecule has 0 unspecified atom stereocenters. The van der Waals surface area contributed by atoms with Crippen LogP contribution in [-0.2, 0) is 17.6 Å². The van der Waals surface area contributed by atoms with Crippen LogP contribution in [0.15, 0.2) is 36.4 Å². The maximum absolute atomic E-state index is 12.6.